The minimum Gasteiger partial charge on any atom is -0.458 e. The Hall–Kier alpha value is -1.50. The van der Waals surface area contributed by atoms with E-state index in [1.807, 2.05) is 20.8 Å². The summed E-state index contributed by atoms with van der Waals surface area (Å²) in [5.74, 6) is -0.525. The molecule has 0 unspecified atom stereocenters. The monoisotopic (exact) mass is 442 g/mol. The van der Waals surface area contributed by atoms with E-state index in [0.717, 1.165) is 36.8 Å². The molecule has 6 rings (SSSR count). The van der Waals surface area contributed by atoms with Crippen molar-refractivity contribution in [3.63, 3.8) is 0 Å². The maximum absolute atomic E-state index is 13.9. The van der Waals surface area contributed by atoms with Crippen LogP contribution in [0.15, 0.2) is 23.3 Å². The quantitative estimate of drug-likeness (QED) is 0.626. The van der Waals surface area contributed by atoms with Crippen LogP contribution in [0.3, 0.4) is 0 Å². The third-order valence-corrected chi connectivity index (χ3v) is 9.98. The second-order valence-electron chi connectivity index (χ2n) is 12.0. The number of ether oxygens (including phenoxy) is 3. The Labute approximate surface area is 189 Å². The van der Waals surface area contributed by atoms with Gasteiger partial charge in [0.1, 0.15) is 12.4 Å². The molecule has 174 valence electrons. The number of hydrogen-bond donors (Lipinski definition) is 1. The van der Waals surface area contributed by atoms with Crippen LogP contribution in [0.25, 0.3) is 0 Å². The molecule has 1 N–H and O–H groups in total. The predicted octanol–water partition coefficient (Wildman–Crippen LogP) is 3.47. The van der Waals surface area contributed by atoms with E-state index in [1.165, 1.54) is 6.08 Å². The molecule has 0 aromatic heterocycles. The predicted molar refractivity (Wildman–Crippen MR) is 115 cm³/mol. The molecule has 0 bridgehead atoms. The van der Waals surface area contributed by atoms with Crippen LogP contribution in [0, 0.1) is 28.6 Å². The second kappa shape index (κ2) is 6.34. The molecule has 3 saturated carbocycles. The molecule has 0 aromatic carbocycles. The van der Waals surface area contributed by atoms with Crippen LogP contribution in [0.1, 0.15) is 66.2 Å². The second-order valence-corrected chi connectivity index (χ2v) is 12.0. The highest BCUT2D eigenvalue weighted by Crippen LogP contribution is 2.68. The fourth-order valence-corrected chi connectivity index (χ4v) is 8.60. The van der Waals surface area contributed by atoms with Crippen LogP contribution in [0.5, 0.6) is 0 Å². The summed E-state index contributed by atoms with van der Waals surface area (Å²) in [6, 6.07) is 0. The van der Waals surface area contributed by atoms with Crippen LogP contribution < -0.4 is 0 Å². The molecule has 4 aliphatic carbocycles. The van der Waals surface area contributed by atoms with Gasteiger partial charge in [-0.05, 0) is 68.8 Å². The Bertz CT molecular complexity index is 963. The summed E-state index contributed by atoms with van der Waals surface area (Å²) in [5, 5.41) is 12.2. The fourth-order valence-electron chi connectivity index (χ4n) is 8.60. The van der Waals surface area contributed by atoms with Gasteiger partial charge in [0.05, 0.1) is 17.8 Å². The number of rotatable bonds is 1. The standard InChI is InChI=1S/C26H34O6/c1-23(2)31-19-10-15-5-6-17-22(24(15,3)12-20(19)32-23)18(27)11-25(4)16(7-8-26(17,25)29)14-9-21(28)30-13-14/h7,9,15,17,19-20,22,29H,5-6,8,10-13H2,1-4H3/t15-,17-,19-,20+,22-,24+,25-,26+/m1/s1. The molecular formula is C26H34O6. The topological polar surface area (TPSA) is 82.1 Å². The van der Waals surface area contributed by atoms with Gasteiger partial charge in [-0.3, -0.25) is 4.79 Å². The molecule has 6 nitrogen and oxygen atoms in total. The van der Waals surface area contributed by atoms with Gasteiger partial charge in [-0.1, -0.05) is 19.9 Å². The summed E-state index contributed by atoms with van der Waals surface area (Å²) in [5.41, 5.74) is -0.108. The van der Waals surface area contributed by atoms with E-state index in [9.17, 15) is 14.7 Å². The van der Waals surface area contributed by atoms with Gasteiger partial charge in [0.2, 0.25) is 0 Å². The van der Waals surface area contributed by atoms with Gasteiger partial charge in [0.15, 0.2) is 5.79 Å². The fraction of sp³-hybridized carbons (Fsp3) is 0.769. The van der Waals surface area contributed by atoms with E-state index in [-0.39, 0.29) is 47.8 Å². The first kappa shape index (κ1) is 21.1. The van der Waals surface area contributed by atoms with Gasteiger partial charge < -0.3 is 19.3 Å². The zero-order valence-electron chi connectivity index (χ0n) is 19.5. The summed E-state index contributed by atoms with van der Waals surface area (Å²) >= 11 is 0. The minimum atomic E-state index is -0.982. The molecular weight excluding hydrogens is 408 g/mol. The first-order valence-electron chi connectivity index (χ1n) is 12.2. The van der Waals surface area contributed by atoms with E-state index < -0.39 is 16.8 Å². The number of ketones is 1. The first-order chi connectivity index (χ1) is 15.0. The van der Waals surface area contributed by atoms with Crippen molar-refractivity contribution in [2.24, 2.45) is 28.6 Å². The molecule has 8 atom stereocenters. The molecule has 0 amide bonds. The lowest BCUT2D eigenvalue weighted by Gasteiger charge is -2.62. The molecule has 0 aromatic rings. The highest BCUT2D eigenvalue weighted by Gasteiger charge is 2.69. The van der Waals surface area contributed by atoms with E-state index in [2.05, 4.69) is 13.0 Å². The van der Waals surface area contributed by atoms with Crippen LogP contribution in [0.2, 0.25) is 0 Å². The highest BCUT2D eigenvalue weighted by molar-refractivity contribution is 5.89. The number of fused-ring (bicyclic) bond motifs is 6. The van der Waals surface area contributed by atoms with Crippen molar-refractivity contribution in [3.05, 3.63) is 23.3 Å². The minimum absolute atomic E-state index is 0.00447. The van der Waals surface area contributed by atoms with Crippen LogP contribution >= 0.6 is 0 Å². The summed E-state index contributed by atoms with van der Waals surface area (Å²) in [4.78, 5) is 25.6. The Morgan fingerprint density at radius 3 is 2.53 bits per heavy atom. The van der Waals surface area contributed by atoms with Crippen LogP contribution in [-0.2, 0) is 23.8 Å². The molecule has 2 aliphatic heterocycles. The molecule has 1 saturated heterocycles. The number of Topliss-reactive ketones (excluding diaryl/α,β-unsaturated/α-hetero) is 1. The molecule has 6 aliphatic rings. The Balaban J connectivity index is 1.35. The number of hydrogen-bond acceptors (Lipinski definition) is 6. The highest BCUT2D eigenvalue weighted by atomic mass is 16.7. The van der Waals surface area contributed by atoms with E-state index >= 15 is 0 Å². The van der Waals surface area contributed by atoms with Crippen molar-refractivity contribution in [1.82, 2.24) is 0 Å². The summed E-state index contributed by atoms with van der Waals surface area (Å²) in [6.45, 7) is 8.45. The Morgan fingerprint density at radius 2 is 1.81 bits per heavy atom. The Morgan fingerprint density at radius 1 is 1.06 bits per heavy atom. The maximum atomic E-state index is 13.9. The number of carbonyl (C=O) groups excluding carboxylic acids is 2. The maximum Gasteiger partial charge on any atom is 0.331 e. The number of esters is 1. The third-order valence-electron chi connectivity index (χ3n) is 9.98. The van der Waals surface area contributed by atoms with Gasteiger partial charge in [0.25, 0.3) is 0 Å². The van der Waals surface area contributed by atoms with E-state index in [4.69, 9.17) is 14.2 Å². The van der Waals surface area contributed by atoms with Gasteiger partial charge in [-0.2, -0.15) is 0 Å². The molecule has 32 heavy (non-hydrogen) atoms. The summed E-state index contributed by atoms with van der Waals surface area (Å²) < 4.78 is 17.6. The molecule has 0 radical (unpaired) electrons. The zero-order valence-corrected chi connectivity index (χ0v) is 19.5. The van der Waals surface area contributed by atoms with Gasteiger partial charge >= 0.3 is 5.97 Å². The number of cyclic esters (lactones) is 1. The van der Waals surface area contributed by atoms with Gasteiger partial charge in [0, 0.05) is 29.4 Å². The number of carbonyl (C=O) groups is 2. The SMILES string of the molecule is CC1(C)O[C@H]2C[C@@]3(C)[C@H](CC[C@@H]4[C@@H]3C(=O)C[C@]3(C)C(C5=CC(=O)OC5)=CC[C@]43O)C[C@H]2O1. The van der Waals surface area contributed by atoms with Crippen molar-refractivity contribution in [2.45, 2.75) is 89.8 Å². The van der Waals surface area contributed by atoms with Crippen molar-refractivity contribution >= 4 is 11.8 Å². The van der Waals surface area contributed by atoms with Gasteiger partial charge in [-0.25, -0.2) is 4.79 Å². The zero-order chi connectivity index (χ0) is 22.7. The molecule has 0 spiro atoms. The first-order valence-corrected chi connectivity index (χ1v) is 12.2. The lowest BCUT2D eigenvalue weighted by molar-refractivity contribution is -0.201. The van der Waals surface area contributed by atoms with Crippen molar-refractivity contribution in [1.29, 1.82) is 0 Å². The molecule has 6 heteroatoms. The smallest absolute Gasteiger partial charge is 0.331 e. The van der Waals surface area contributed by atoms with Crippen LogP contribution in [-0.4, -0.2) is 47.1 Å². The average Bonchev–Trinajstić information content (AvgIpc) is 3.31. The number of aliphatic hydroxyl groups is 1. The van der Waals surface area contributed by atoms with Crippen LogP contribution in [0.4, 0.5) is 0 Å². The normalized spacial score (nSPS) is 51.2. The largest absolute Gasteiger partial charge is 0.458 e. The van der Waals surface area contributed by atoms with Crippen molar-refractivity contribution < 1.29 is 28.9 Å². The molecule has 2 heterocycles. The lowest BCUT2D eigenvalue weighted by atomic mass is 9.42. The van der Waals surface area contributed by atoms with Gasteiger partial charge in [-0.15, -0.1) is 0 Å². The summed E-state index contributed by atoms with van der Waals surface area (Å²) in [7, 11) is 0. The van der Waals surface area contributed by atoms with Crippen molar-refractivity contribution in [2.75, 3.05) is 6.61 Å². The van der Waals surface area contributed by atoms with E-state index in [0.29, 0.717) is 18.8 Å². The van der Waals surface area contributed by atoms with E-state index in [1.54, 1.807) is 0 Å². The summed E-state index contributed by atoms with van der Waals surface area (Å²) in [6.07, 6.45) is 8.09. The average molecular weight is 443 g/mol. The third kappa shape index (κ3) is 2.57. The van der Waals surface area contributed by atoms with Crippen molar-refractivity contribution in [3.8, 4) is 0 Å². The molecule has 4 fully saturated rings. The Kier molecular flexibility index (Phi) is 4.17. The lowest BCUT2D eigenvalue weighted by Crippen LogP contribution is -2.66.